The Morgan fingerprint density at radius 2 is 2.15 bits per heavy atom. The lowest BCUT2D eigenvalue weighted by Gasteiger charge is -1.93. The van der Waals surface area contributed by atoms with Crippen molar-refractivity contribution in [3.05, 3.63) is 35.9 Å². The van der Waals surface area contributed by atoms with Crippen molar-refractivity contribution in [2.24, 2.45) is 4.99 Å². The fourth-order valence-corrected chi connectivity index (χ4v) is 0.862. The molecule has 68 valence electrons. The van der Waals surface area contributed by atoms with Gasteiger partial charge in [0.25, 0.3) is 0 Å². The summed E-state index contributed by atoms with van der Waals surface area (Å²) >= 11 is 0. The second-order valence-corrected chi connectivity index (χ2v) is 2.48. The molecule has 0 N–H and O–H groups in total. The van der Waals surface area contributed by atoms with E-state index in [2.05, 4.69) is 9.73 Å². The molecule has 0 fully saturated rings. The zero-order valence-corrected chi connectivity index (χ0v) is 7.43. The average molecular weight is 177 g/mol. The van der Waals surface area contributed by atoms with Crippen LogP contribution in [0, 0.1) is 0 Å². The van der Waals surface area contributed by atoms with Crippen LogP contribution in [0.3, 0.4) is 0 Å². The van der Waals surface area contributed by atoms with E-state index >= 15 is 0 Å². The number of ether oxygens (including phenoxy) is 1. The highest BCUT2D eigenvalue weighted by Crippen LogP contribution is 1.99. The Balaban J connectivity index is 2.44. The van der Waals surface area contributed by atoms with E-state index < -0.39 is 5.97 Å². The first-order valence-electron chi connectivity index (χ1n) is 3.94. The number of esters is 1. The van der Waals surface area contributed by atoms with Crippen molar-refractivity contribution in [2.75, 3.05) is 7.11 Å². The van der Waals surface area contributed by atoms with Gasteiger partial charge in [-0.15, -0.1) is 0 Å². The molecule has 0 aliphatic carbocycles. The maximum absolute atomic E-state index is 10.6. The molecule has 0 aromatic heterocycles. The minimum Gasteiger partial charge on any atom is -0.465 e. The summed E-state index contributed by atoms with van der Waals surface area (Å²) < 4.78 is 4.40. The minimum absolute atomic E-state index is 0.420. The van der Waals surface area contributed by atoms with Crippen LogP contribution in [0.2, 0.25) is 0 Å². The van der Waals surface area contributed by atoms with Gasteiger partial charge in [0.1, 0.15) is 6.21 Å². The monoisotopic (exact) mass is 177 g/mol. The Bertz CT molecular complexity index is 293. The van der Waals surface area contributed by atoms with Gasteiger partial charge >= 0.3 is 5.97 Å². The van der Waals surface area contributed by atoms with Gasteiger partial charge in [-0.05, 0) is 5.56 Å². The summed E-state index contributed by atoms with van der Waals surface area (Å²) in [4.78, 5) is 14.5. The van der Waals surface area contributed by atoms with Crippen LogP contribution in [-0.2, 0) is 16.1 Å². The van der Waals surface area contributed by atoms with Crippen molar-refractivity contribution in [1.82, 2.24) is 0 Å². The number of rotatable bonds is 3. The number of methoxy groups -OCH3 is 1. The first kappa shape index (κ1) is 9.45. The summed E-state index contributed by atoms with van der Waals surface area (Å²) in [6.45, 7) is 0.510. The Morgan fingerprint density at radius 1 is 1.46 bits per heavy atom. The molecule has 0 aliphatic heterocycles. The number of hydrogen-bond acceptors (Lipinski definition) is 3. The maximum atomic E-state index is 10.6. The fraction of sp³-hybridized carbons (Fsp3) is 0.200. The van der Waals surface area contributed by atoms with Crippen molar-refractivity contribution in [2.45, 2.75) is 6.54 Å². The third-order valence-corrected chi connectivity index (χ3v) is 1.51. The van der Waals surface area contributed by atoms with E-state index in [1.807, 2.05) is 30.3 Å². The second-order valence-electron chi connectivity index (χ2n) is 2.48. The normalized spacial score (nSPS) is 10.2. The number of carbonyl (C=O) groups is 1. The lowest BCUT2D eigenvalue weighted by Crippen LogP contribution is -2.00. The van der Waals surface area contributed by atoms with Crippen LogP contribution in [0.4, 0.5) is 0 Å². The van der Waals surface area contributed by atoms with E-state index in [0.717, 1.165) is 5.56 Å². The highest BCUT2D eigenvalue weighted by atomic mass is 16.5. The Kier molecular flexibility index (Phi) is 3.70. The van der Waals surface area contributed by atoms with Gasteiger partial charge in [-0.3, -0.25) is 4.99 Å². The molecule has 0 saturated heterocycles. The van der Waals surface area contributed by atoms with Crippen LogP contribution < -0.4 is 0 Å². The Labute approximate surface area is 77.1 Å². The molecule has 0 radical (unpaired) electrons. The number of aliphatic imine (C=N–C) groups is 1. The lowest BCUT2D eigenvalue weighted by atomic mass is 10.2. The molecule has 0 amide bonds. The van der Waals surface area contributed by atoms with Crippen molar-refractivity contribution in [1.29, 1.82) is 0 Å². The molecule has 1 aromatic carbocycles. The van der Waals surface area contributed by atoms with Crippen molar-refractivity contribution in [3.63, 3.8) is 0 Å². The number of carbonyl (C=O) groups excluding carboxylic acids is 1. The van der Waals surface area contributed by atoms with Crippen molar-refractivity contribution < 1.29 is 9.53 Å². The molecule has 1 aromatic rings. The zero-order chi connectivity index (χ0) is 9.52. The zero-order valence-electron chi connectivity index (χ0n) is 7.43. The molecule has 0 heterocycles. The van der Waals surface area contributed by atoms with Crippen LogP contribution in [-0.4, -0.2) is 19.3 Å². The van der Waals surface area contributed by atoms with Gasteiger partial charge in [-0.25, -0.2) is 4.79 Å². The summed E-state index contributed by atoms with van der Waals surface area (Å²) in [6.07, 6.45) is 1.19. The molecule has 0 spiro atoms. The first-order valence-corrected chi connectivity index (χ1v) is 3.94. The summed E-state index contributed by atoms with van der Waals surface area (Å²) in [7, 11) is 1.33. The number of benzene rings is 1. The SMILES string of the molecule is COC(=O)C=NCc1ccccc1. The van der Waals surface area contributed by atoms with Gasteiger partial charge in [-0.1, -0.05) is 30.3 Å². The van der Waals surface area contributed by atoms with E-state index in [1.165, 1.54) is 13.3 Å². The van der Waals surface area contributed by atoms with Crippen LogP contribution in [0.5, 0.6) is 0 Å². The molecule has 0 unspecified atom stereocenters. The summed E-state index contributed by atoms with van der Waals surface area (Å²) in [5.74, 6) is -0.420. The second kappa shape index (κ2) is 5.09. The Morgan fingerprint density at radius 3 is 2.77 bits per heavy atom. The van der Waals surface area contributed by atoms with Crippen molar-refractivity contribution >= 4 is 12.2 Å². The quantitative estimate of drug-likeness (QED) is 0.517. The fourth-order valence-electron chi connectivity index (χ4n) is 0.862. The van der Waals surface area contributed by atoms with Crippen LogP contribution in [0.1, 0.15) is 5.56 Å². The smallest absolute Gasteiger partial charge is 0.348 e. The lowest BCUT2D eigenvalue weighted by molar-refractivity contribution is -0.132. The van der Waals surface area contributed by atoms with Crippen molar-refractivity contribution in [3.8, 4) is 0 Å². The third kappa shape index (κ3) is 3.51. The first-order chi connectivity index (χ1) is 6.33. The van der Waals surface area contributed by atoms with E-state index in [9.17, 15) is 4.79 Å². The van der Waals surface area contributed by atoms with Gasteiger partial charge in [0.05, 0.1) is 13.7 Å². The predicted octanol–water partition coefficient (Wildman–Crippen LogP) is 1.43. The number of nitrogens with zero attached hydrogens (tertiary/aromatic N) is 1. The van der Waals surface area contributed by atoms with E-state index in [-0.39, 0.29) is 0 Å². The van der Waals surface area contributed by atoms with E-state index in [0.29, 0.717) is 6.54 Å². The summed E-state index contributed by atoms with van der Waals surface area (Å²) in [5.41, 5.74) is 1.07. The van der Waals surface area contributed by atoms with Gasteiger partial charge in [0.15, 0.2) is 0 Å². The number of hydrogen-bond donors (Lipinski definition) is 0. The molecule has 3 nitrogen and oxygen atoms in total. The van der Waals surface area contributed by atoms with Gasteiger partial charge < -0.3 is 4.74 Å². The average Bonchev–Trinajstić information content (AvgIpc) is 2.19. The molecule has 1 rings (SSSR count). The molecule has 0 aliphatic rings. The largest absolute Gasteiger partial charge is 0.465 e. The van der Waals surface area contributed by atoms with Gasteiger partial charge in [0, 0.05) is 0 Å². The molecule has 13 heavy (non-hydrogen) atoms. The molecular weight excluding hydrogens is 166 g/mol. The topological polar surface area (TPSA) is 38.7 Å². The Hall–Kier alpha value is -1.64. The minimum atomic E-state index is -0.420. The molecule has 0 bridgehead atoms. The van der Waals surface area contributed by atoms with Crippen LogP contribution in [0.15, 0.2) is 35.3 Å². The van der Waals surface area contributed by atoms with Crippen LogP contribution in [0.25, 0.3) is 0 Å². The van der Waals surface area contributed by atoms with Crippen LogP contribution >= 0.6 is 0 Å². The third-order valence-electron chi connectivity index (χ3n) is 1.51. The molecule has 0 saturated carbocycles. The van der Waals surface area contributed by atoms with Gasteiger partial charge in [-0.2, -0.15) is 0 Å². The van der Waals surface area contributed by atoms with E-state index in [4.69, 9.17) is 0 Å². The van der Waals surface area contributed by atoms with E-state index in [1.54, 1.807) is 0 Å². The standard InChI is InChI=1S/C10H11NO2/c1-13-10(12)8-11-7-9-5-3-2-4-6-9/h2-6,8H,7H2,1H3. The summed E-state index contributed by atoms with van der Waals surface area (Å²) in [6, 6.07) is 9.71. The highest BCUT2D eigenvalue weighted by molar-refractivity contribution is 6.23. The molecule has 0 atom stereocenters. The molecular formula is C10H11NO2. The molecule has 3 heteroatoms. The van der Waals surface area contributed by atoms with Gasteiger partial charge in [0.2, 0.25) is 0 Å². The predicted molar refractivity (Wildman–Crippen MR) is 50.7 cm³/mol. The summed E-state index contributed by atoms with van der Waals surface area (Å²) in [5, 5.41) is 0. The highest BCUT2D eigenvalue weighted by Gasteiger charge is 1.91. The maximum Gasteiger partial charge on any atom is 0.348 e.